The first-order chi connectivity index (χ1) is 20.3. The predicted molar refractivity (Wildman–Crippen MR) is 167 cm³/mol. The van der Waals surface area contributed by atoms with Crippen LogP contribution in [0.3, 0.4) is 0 Å². The molecule has 0 saturated carbocycles. The number of hydrogen-bond donors (Lipinski definition) is 1. The van der Waals surface area contributed by atoms with Crippen LogP contribution in [0.4, 0.5) is 0 Å². The zero-order valence-electron chi connectivity index (χ0n) is 25.1. The summed E-state index contributed by atoms with van der Waals surface area (Å²) in [4.78, 5) is 33.2. The Morgan fingerprint density at radius 1 is 0.929 bits per heavy atom. The zero-order chi connectivity index (χ0) is 30.0. The standard InChI is InChI=1S/C35H42N4O3/c1-5-42-31(40)24-36-22-15-23-39(34(41)29-20-13-8-14-21-29)32(35(2,3)4)33-37-30(28-18-11-7-12-19-28)26-38(33)25-27-16-9-6-10-17-27/h6-14,16-21,26,32,36H,5,15,22-25H2,1-4H3/t32-/m0/s1. The fourth-order valence-electron chi connectivity index (χ4n) is 5.17. The summed E-state index contributed by atoms with van der Waals surface area (Å²) >= 11 is 0. The summed E-state index contributed by atoms with van der Waals surface area (Å²) in [6.45, 7) is 10.5. The molecule has 0 aliphatic heterocycles. The quantitative estimate of drug-likeness (QED) is 0.150. The number of imidazole rings is 1. The SMILES string of the molecule is CCOC(=O)CNCCCN(C(=O)c1ccccc1)[C@@H](c1nc(-c2ccccc2)cn1Cc1ccccc1)C(C)(C)C. The first kappa shape index (κ1) is 30.7. The van der Waals surface area contributed by atoms with E-state index in [-0.39, 0.29) is 29.9 Å². The van der Waals surface area contributed by atoms with Crippen LogP contribution in [-0.4, -0.2) is 52.6 Å². The third-order valence-electron chi connectivity index (χ3n) is 7.06. The van der Waals surface area contributed by atoms with E-state index in [2.05, 4.69) is 61.1 Å². The number of nitrogens with one attached hydrogen (secondary N) is 1. The van der Waals surface area contributed by atoms with Gasteiger partial charge in [-0.15, -0.1) is 0 Å². The molecule has 0 spiro atoms. The molecular formula is C35H42N4O3. The molecule has 1 N–H and O–H groups in total. The number of hydrogen-bond acceptors (Lipinski definition) is 5. The van der Waals surface area contributed by atoms with Crippen molar-refractivity contribution in [2.24, 2.45) is 5.41 Å². The van der Waals surface area contributed by atoms with Gasteiger partial charge in [-0.3, -0.25) is 9.59 Å². The average Bonchev–Trinajstić information content (AvgIpc) is 3.39. The van der Waals surface area contributed by atoms with Crippen molar-refractivity contribution in [3.8, 4) is 11.3 Å². The largest absolute Gasteiger partial charge is 0.465 e. The van der Waals surface area contributed by atoms with Crippen LogP contribution in [0, 0.1) is 5.41 Å². The number of rotatable bonds is 13. The minimum Gasteiger partial charge on any atom is -0.465 e. The lowest BCUT2D eigenvalue weighted by Crippen LogP contribution is -2.43. The van der Waals surface area contributed by atoms with Crippen molar-refractivity contribution < 1.29 is 14.3 Å². The summed E-state index contributed by atoms with van der Waals surface area (Å²) in [6, 6.07) is 29.6. The molecule has 0 unspecified atom stereocenters. The van der Waals surface area contributed by atoms with Crippen LogP contribution in [0.1, 0.15) is 61.9 Å². The van der Waals surface area contributed by atoms with Gasteiger partial charge in [-0.05, 0) is 43.0 Å². The Morgan fingerprint density at radius 2 is 1.55 bits per heavy atom. The van der Waals surface area contributed by atoms with Crippen LogP contribution in [0.25, 0.3) is 11.3 Å². The van der Waals surface area contributed by atoms with Gasteiger partial charge in [0, 0.05) is 30.4 Å². The van der Waals surface area contributed by atoms with E-state index >= 15 is 0 Å². The Labute approximate surface area is 249 Å². The summed E-state index contributed by atoms with van der Waals surface area (Å²) in [5, 5.41) is 3.16. The number of benzene rings is 3. The highest BCUT2D eigenvalue weighted by Crippen LogP contribution is 2.40. The lowest BCUT2D eigenvalue weighted by Gasteiger charge is -2.40. The number of ether oxygens (including phenoxy) is 1. The highest BCUT2D eigenvalue weighted by molar-refractivity contribution is 5.94. The van der Waals surface area contributed by atoms with Gasteiger partial charge < -0.3 is 19.5 Å². The van der Waals surface area contributed by atoms with Crippen molar-refractivity contribution in [1.29, 1.82) is 0 Å². The molecule has 0 fully saturated rings. The smallest absolute Gasteiger partial charge is 0.319 e. The Morgan fingerprint density at radius 3 is 2.17 bits per heavy atom. The van der Waals surface area contributed by atoms with Gasteiger partial charge in [0.25, 0.3) is 5.91 Å². The highest BCUT2D eigenvalue weighted by atomic mass is 16.5. The lowest BCUT2D eigenvalue weighted by molar-refractivity contribution is -0.142. The van der Waals surface area contributed by atoms with Gasteiger partial charge >= 0.3 is 5.97 Å². The van der Waals surface area contributed by atoms with Gasteiger partial charge in [-0.1, -0.05) is 99.6 Å². The van der Waals surface area contributed by atoms with E-state index in [0.717, 1.165) is 22.6 Å². The second-order valence-electron chi connectivity index (χ2n) is 11.4. The number of carbonyl (C=O) groups excluding carboxylic acids is 2. The molecule has 1 heterocycles. The van der Waals surface area contributed by atoms with E-state index in [1.807, 2.05) is 71.6 Å². The first-order valence-electron chi connectivity index (χ1n) is 14.7. The maximum Gasteiger partial charge on any atom is 0.319 e. The van der Waals surface area contributed by atoms with E-state index in [0.29, 0.717) is 38.2 Å². The molecule has 4 rings (SSSR count). The van der Waals surface area contributed by atoms with Crippen LogP contribution in [0.5, 0.6) is 0 Å². The molecule has 0 saturated heterocycles. The second-order valence-corrected chi connectivity index (χ2v) is 11.4. The number of carbonyl (C=O) groups is 2. The Kier molecular flexibility index (Phi) is 10.7. The number of nitrogens with zero attached hydrogens (tertiary/aromatic N) is 3. The van der Waals surface area contributed by atoms with Gasteiger partial charge in [0.05, 0.1) is 24.9 Å². The summed E-state index contributed by atoms with van der Waals surface area (Å²) in [6.07, 6.45) is 2.76. The number of amides is 1. The molecule has 4 aromatic rings. The molecule has 0 aliphatic rings. The Bertz CT molecular complexity index is 1410. The third-order valence-corrected chi connectivity index (χ3v) is 7.06. The first-order valence-corrected chi connectivity index (χ1v) is 14.7. The molecule has 7 nitrogen and oxygen atoms in total. The maximum absolute atomic E-state index is 14.2. The number of esters is 1. The average molecular weight is 567 g/mol. The summed E-state index contributed by atoms with van der Waals surface area (Å²) in [5.74, 6) is 0.518. The van der Waals surface area contributed by atoms with Crippen molar-refractivity contribution in [2.75, 3.05) is 26.2 Å². The lowest BCUT2D eigenvalue weighted by atomic mass is 9.84. The van der Waals surface area contributed by atoms with Gasteiger partial charge in [0.15, 0.2) is 0 Å². The molecule has 1 amide bonds. The van der Waals surface area contributed by atoms with Gasteiger partial charge in [-0.2, -0.15) is 0 Å². The van der Waals surface area contributed by atoms with Gasteiger partial charge in [0.1, 0.15) is 5.82 Å². The van der Waals surface area contributed by atoms with Crippen molar-refractivity contribution in [1.82, 2.24) is 19.8 Å². The molecule has 0 radical (unpaired) electrons. The molecule has 1 atom stereocenters. The van der Waals surface area contributed by atoms with Crippen LogP contribution in [-0.2, 0) is 16.1 Å². The van der Waals surface area contributed by atoms with Crippen molar-refractivity contribution in [3.05, 3.63) is 114 Å². The minimum atomic E-state index is -0.337. The molecule has 1 aromatic heterocycles. The van der Waals surface area contributed by atoms with Crippen molar-refractivity contribution in [3.63, 3.8) is 0 Å². The minimum absolute atomic E-state index is 0.0450. The zero-order valence-corrected chi connectivity index (χ0v) is 25.1. The fraction of sp³-hybridized carbons (Fsp3) is 0.343. The van der Waals surface area contributed by atoms with Crippen LogP contribution < -0.4 is 5.32 Å². The molecule has 0 bridgehead atoms. The van der Waals surface area contributed by atoms with E-state index in [1.165, 1.54) is 0 Å². The Balaban J connectivity index is 1.73. The molecular weight excluding hydrogens is 524 g/mol. The predicted octanol–water partition coefficient (Wildman–Crippen LogP) is 6.37. The molecule has 3 aromatic carbocycles. The Hall–Kier alpha value is -4.23. The second kappa shape index (κ2) is 14.6. The van der Waals surface area contributed by atoms with Gasteiger partial charge in [0.2, 0.25) is 0 Å². The normalized spacial score (nSPS) is 12.1. The fourth-order valence-corrected chi connectivity index (χ4v) is 5.17. The van der Waals surface area contributed by atoms with Crippen LogP contribution >= 0.6 is 0 Å². The molecule has 42 heavy (non-hydrogen) atoms. The topological polar surface area (TPSA) is 76.5 Å². The van der Waals surface area contributed by atoms with Crippen molar-refractivity contribution >= 4 is 11.9 Å². The maximum atomic E-state index is 14.2. The number of aromatic nitrogens is 2. The van der Waals surface area contributed by atoms with E-state index in [4.69, 9.17) is 9.72 Å². The summed E-state index contributed by atoms with van der Waals surface area (Å²) in [5.41, 5.74) is 3.36. The third kappa shape index (κ3) is 8.17. The van der Waals surface area contributed by atoms with Crippen LogP contribution in [0.2, 0.25) is 0 Å². The molecule has 220 valence electrons. The monoisotopic (exact) mass is 566 g/mol. The van der Waals surface area contributed by atoms with E-state index < -0.39 is 0 Å². The summed E-state index contributed by atoms with van der Waals surface area (Å²) < 4.78 is 7.22. The molecule has 7 heteroatoms. The van der Waals surface area contributed by atoms with Gasteiger partial charge in [-0.25, -0.2) is 4.98 Å². The highest BCUT2D eigenvalue weighted by Gasteiger charge is 2.38. The van der Waals surface area contributed by atoms with Crippen molar-refractivity contribution in [2.45, 2.75) is 46.7 Å². The van der Waals surface area contributed by atoms with E-state index in [9.17, 15) is 9.59 Å². The van der Waals surface area contributed by atoms with Crippen LogP contribution in [0.15, 0.2) is 97.2 Å². The molecule has 0 aliphatic carbocycles. The van der Waals surface area contributed by atoms with E-state index in [1.54, 1.807) is 6.92 Å². The summed E-state index contributed by atoms with van der Waals surface area (Å²) in [7, 11) is 0.